The lowest BCUT2D eigenvalue weighted by atomic mass is 10.0. The third kappa shape index (κ3) is 4.51. The van der Waals surface area contributed by atoms with Crippen LogP contribution in [-0.2, 0) is 0 Å². The fourth-order valence-electron chi connectivity index (χ4n) is 3.92. The summed E-state index contributed by atoms with van der Waals surface area (Å²) in [6.45, 7) is 4.13. The quantitative estimate of drug-likeness (QED) is 0.528. The maximum atomic E-state index is 6.10. The molecule has 4 nitrogen and oxygen atoms in total. The Morgan fingerprint density at radius 2 is 1.90 bits per heavy atom. The van der Waals surface area contributed by atoms with Gasteiger partial charge in [0.2, 0.25) is 0 Å². The molecule has 0 unspecified atom stereocenters. The van der Waals surface area contributed by atoms with Gasteiger partial charge in [-0.15, -0.1) is 11.3 Å². The normalized spacial score (nSPS) is 14.9. The largest absolute Gasteiger partial charge is 0.497 e. The number of rotatable bonds is 7. The number of hydrogen-bond donors (Lipinski definition) is 0. The summed E-state index contributed by atoms with van der Waals surface area (Å²) in [5.74, 6) is 1.79. The van der Waals surface area contributed by atoms with E-state index in [1.54, 1.807) is 18.4 Å². The summed E-state index contributed by atoms with van der Waals surface area (Å²) in [6, 6.07) is 15.8. The van der Waals surface area contributed by atoms with E-state index in [0.29, 0.717) is 0 Å². The summed E-state index contributed by atoms with van der Waals surface area (Å²) in [7, 11) is 5.88. The first-order valence-electron chi connectivity index (χ1n) is 10.3. The van der Waals surface area contributed by atoms with Gasteiger partial charge in [-0.25, -0.2) is 0 Å². The lowest BCUT2D eigenvalue weighted by Gasteiger charge is -2.26. The van der Waals surface area contributed by atoms with Crippen LogP contribution in [0.25, 0.3) is 21.2 Å². The van der Waals surface area contributed by atoms with Crippen LogP contribution >= 0.6 is 11.3 Å². The van der Waals surface area contributed by atoms with Crippen LogP contribution in [0.1, 0.15) is 19.3 Å². The van der Waals surface area contributed by atoms with Gasteiger partial charge in [-0.2, -0.15) is 0 Å². The van der Waals surface area contributed by atoms with E-state index in [2.05, 4.69) is 48.2 Å². The number of fused-ring (bicyclic) bond motifs is 1. The minimum Gasteiger partial charge on any atom is -0.497 e. The van der Waals surface area contributed by atoms with E-state index in [1.165, 1.54) is 53.0 Å². The summed E-state index contributed by atoms with van der Waals surface area (Å²) in [4.78, 5) is 4.67. The van der Waals surface area contributed by atoms with Gasteiger partial charge < -0.3 is 14.4 Å². The molecule has 2 heterocycles. The van der Waals surface area contributed by atoms with Crippen LogP contribution in [0.3, 0.4) is 0 Å². The topological polar surface area (TPSA) is 24.9 Å². The molecule has 0 aliphatic carbocycles. The van der Waals surface area contributed by atoms with Crippen molar-refractivity contribution in [3.8, 4) is 22.6 Å². The van der Waals surface area contributed by atoms with Gasteiger partial charge in [-0.3, -0.25) is 4.90 Å². The number of piperidine rings is 1. The van der Waals surface area contributed by atoms with Crippen LogP contribution in [0.4, 0.5) is 5.00 Å². The second kappa shape index (κ2) is 9.06. The van der Waals surface area contributed by atoms with Crippen LogP contribution in [0.2, 0.25) is 0 Å². The Balaban J connectivity index is 1.58. The lowest BCUT2D eigenvalue weighted by Crippen LogP contribution is -2.33. The zero-order valence-corrected chi connectivity index (χ0v) is 18.3. The number of hydrogen-bond acceptors (Lipinski definition) is 5. The predicted molar refractivity (Wildman–Crippen MR) is 123 cm³/mol. The monoisotopic (exact) mass is 409 g/mol. The van der Waals surface area contributed by atoms with Gasteiger partial charge in [0.05, 0.1) is 12.1 Å². The summed E-state index contributed by atoms with van der Waals surface area (Å²) >= 11 is 1.78. The average Bonchev–Trinajstić information content (AvgIpc) is 3.14. The van der Waals surface area contributed by atoms with Gasteiger partial charge >= 0.3 is 0 Å². The van der Waals surface area contributed by atoms with E-state index < -0.39 is 0 Å². The van der Waals surface area contributed by atoms with Crippen LogP contribution in [0.5, 0.6) is 11.5 Å². The molecule has 0 saturated carbocycles. The third-order valence-corrected chi connectivity index (χ3v) is 6.77. The Labute approximate surface area is 177 Å². The second-order valence-corrected chi connectivity index (χ2v) is 8.76. The molecule has 5 heteroatoms. The molecule has 0 atom stereocenters. The molecule has 1 radical (unpaired) electrons. The Morgan fingerprint density at radius 3 is 2.66 bits per heavy atom. The van der Waals surface area contributed by atoms with Gasteiger partial charge in [0, 0.05) is 36.3 Å². The summed E-state index contributed by atoms with van der Waals surface area (Å²) in [6.07, 6.45) is 3.99. The summed E-state index contributed by atoms with van der Waals surface area (Å²) < 4.78 is 12.7. The molecule has 1 saturated heterocycles. The van der Waals surface area contributed by atoms with Gasteiger partial charge in [0.1, 0.15) is 18.1 Å². The molecule has 0 spiro atoms. The number of likely N-dealkylation sites (tertiary alicyclic amines) is 1. The first-order chi connectivity index (χ1) is 14.2. The first kappa shape index (κ1) is 20.0. The minimum absolute atomic E-state index is 0.728. The van der Waals surface area contributed by atoms with Crippen molar-refractivity contribution in [3.63, 3.8) is 0 Å². The number of benzene rings is 2. The highest BCUT2D eigenvalue weighted by molar-refractivity contribution is 7.23. The van der Waals surface area contributed by atoms with Crippen molar-refractivity contribution in [2.24, 2.45) is 0 Å². The fourth-order valence-corrected chi connectivity index (χ4v) is 5.09. The summed E-state index contributed by atoms with van der Waals surface area (Å²) in [5.41, 5.74) is 2.28. The molecule has 0 bridgehead atoms. The maximum Gasteiger partial charge on any atom is 0.120 e. The second-order valence-electron chi connectivity index (χ2n) is 7.73. The Hall–Kier alpha value is -2.24. The van der Waals surface area contributed by atoms with Crippen molar-refractivity contribution >= 4 is 26.4 Å². The van der Waals surface area contributed by atoms with E-state index in [9.17, 15) is 0 Å². The van der Waals surface area contributed by atoms with Crippen LogP contribution < -0.4 is 14.4 Å². The number of anilines is 1. The van der Waals surface area contributed by atoms with Crippen molar-refractivity contribution < 1.29 is 9.47 Å². The van der Waals surface area contributed by atoms with Gasteiger partial charge in [-0.1, -0.05) is 12.5 Å². The third-order valence-electron chi connectivity index (χ3n) is 5.45. The molecule has 1 aromatic heterocycles. The highest BCUT2D eigenvalue weighted by atomic mass is 32.1. The number of methoxy groups -OCH3 is 1. The Morgan fingerprint density at radius 1 is 1.07 bits per heavy atom. The van der Waals surface area contributed by atoms with Crippen molar-refractivity contribution in [3.05, 3.63) is 42.5 Å². The number of ether oxygens (including phenoxy) is 2. The highest BCUT2D eigenvalue weighted by Gasteiger charge is 2.17. The van der Waals surface area contributed by atoms with Crippen molar-refractivity contribution in [2.75, 3.05) is 52.3 Å². The smallest absolute Gasteiger partial charge is 0.120 e. The zero-order chi connectivity index (χ0) is 20.2. The van der Waals surface area contributed by atoms with Gasteiger partial charge in [0.15, 0.2) is 0 Å². The average molecular weight is 410 g/mol. The minimum atomic E-state index is 0.728. The van der Waals surface area contributed by atoms with E-state index in [4.69, 9.17) is 9.47 Å². The summed E-state index contributed by atoms with van der Waals surface area (Å²) in [5, 5.41) is 2.44. The standard InChI is InChI=1S/C24H29N2O2S/c1-25(2)24-23(21-11-10-19(27-3)17-22(21)29-24)18-8-7-9-20(16-18)28-15-14-26-12-5-4-6-13-26/h7,9-11,16-17H,4-6,12-15H2,1-3H3. The molecule has 29 heavy (non-hydrogen) atoms. The molecule has 153 valence electrons. The molecule has 4 rings (SSSR count). The molecule has 0 N–H and O–H groups in total. The SMILES string of the molecule is COc1ccc2c(-c3[c]ccc(OCCN4CCCCC4)c3)c(N(C)C)sc2c1. The Bertz CT molecular complexity index is 961. The predicted octanol–water partition coefficient (Wildman–Crippen LogP) is 5.31. The van der Waals surface area contributed by atoms with E-state index >= 15 is 0 Å². The van der Waals surface area contributed by atoms with E-state index in [1.807, 2.05) is 18.2 Å². The molecular formula is C24H29N2O2S. The highest BCUT2D eigenvalue weighted by Crippen LogP contribution is 2.45. The van der Waals surface area contributed by atoms with Crippen LogP contribution in [-0.4, -0.2) is 52.3 Å². The Kier molecular flexibility index (Phi) is 6.26. The molecule has 1 fully saturated rings. The number of thiophene rings is 1. The van der Waals surface area contributed by atoms with Crippen LogP contribution in [0.15, 0.2) is 36.4 Å². The first-order valence-corrected chi connectivity index (χ1v) is 11.1. The maximum absolute atomic E-state index is 6.10. The molecule has 1 aliphatic heterocycles. The number of nitrogens with zero attached hydrogens (tertiary/aromatic N) is 2. The van der Waals surface area contributed by atoms with Crippen molar-refractivity contribution in [1.82, 2.24) is 4.90 Å². The molecule has 2 aromatic carbocycles. The van der Waals surface area contributed by atoms with Crippen molar-refractivity contribution in [2.45, 2.75) is 19.3 Å². The van der Waals surface area contributed by atoms with Gasteiger partial charge in [0.25, 0.3) is 0 Å². The molecule has 3 aromatic rings. The fraction of sp³-hybridized carbons (Fsp3) is 0.417. The molecular weight excluding hydrogens is 380 g/mol. The van der Waals surface area contributed by atoms with E-state index in [-0.39, 0.29) is 0 Å². The van der Waals surface area contributed by atoms with Gasteiger partial charge in [-0.05, 0) is 67.9 Å². The van der Waals surface area contributed by atoms with E-state index in [0.717, 1.165) is 30.2 Å². The van der Waals surface area contributed by atoms with Crippen molar-refractivity contribution in [1.29, 1.82) is 0 Å². The van der Waals surface area contributed by atoms with Crippen LogP contribution in [0, 0.1) is 6.07 Å². The zero-order valence-electron chi connectivity index (χ0n) is 17.5. The lowest BCUT2D eigenvalue weighted by molar-refractivity contribution is 0.183. The molecule has 1 aliphatic rings. The molecule has 0 amide bonds.